The number of carbonyl (C=O) groups excluding carboxylic acids is 1. The molecule has 0 aliphatic carbocycles. The van der Waals surface area contributed by atoms with Crippen LogP contribution in [0.5, 0.6) is 0 Å². The SMILES string of the molecule is Cc1cc(C(=O)Nc2ccc(S(=O)(=O)N(C)C)cc2)on1. The summed E-state index contributed by atoms with van der Waals surface area (Å²) in [5.41, 5.74) is 1.07. The van der Waals surface area contributed by atoms with E-state index < -0.39 is 15.9 Å². The van der Waals surface area contributed by atoms with Crippen molar-refractivity contribution < 1.29 is 17.7 Å². The number of sulfonamides is 1. The fourth-order valence-electron chi connectivity index (χ4n) is 1.58. The summed E-state index contributed by atoms with van der Waals surface area (Å²) in [5, 5.41) is 6.22. The normalized spacial score (nSPS) is 11.6. The first-order valence-electron chi connectivity index (χ1n) is 6.08. The molecule has 0 aliphatic rings. The number of anilines is 1. The van der Waals surface area contributed by atoms with Crippen molar-refractivity contribution in [1.29, 1.82) is 0 Å². The molecule has 0 aliphatic heterocycles. The molecule has 2 rings (SSSR count). The quantitative estimate of drug-likeness (QED) is 0.923. The summed E-state index contributed by atoms with van der Waals surface area (Å²) in [4.78, 5) is 12.0. The van der Waals surface area contributed by atoms with Crippen molar-refractivity contribution in [3.8, 4) is 0 Å². The first-order valence-corrected chi connectivity index (χ1v) is 7.52. The van der Waals surface area contributed by atoms with E-state index in [1.165, 1.54) is 44.4 Å². The van der Waals surface area contributed by atoms with Gasteiger partial charge in [0.25, 0.3) is 5.91 Å². The van der Waals surface area contributed by atoms with Crippen molar-refractivity contribution in [2.24, 2.45) is 0 Å². The first-order chi connectivity index (χ1) is 9.80. The average Bonchev–Trinajstić information content (AvgIpc) is 2.86. The third-order valence-corrected chi connectivity index (χ3v) is 4.57. The van der Waals surface area contributed by atoms with Crippen LogP contribution in [0.3, 0.4) is 0 Å². The lowest BCUT2D eigenvalue weighted by Crippen LogP contribution is -2.22. The Hall–Kier alpha value is -2.19. The lowest BCUT2D eigenvalue weighted by Gasteiger charge is -2.11. The lowest BCUT2D eigenvalue weighted by molar-refractivity contribution is 0.0988. The average molecular weight is 309 g/mol. The minimum atomic E-state index is -3.48. The second-order valence-electron chi connectivity index (χ2n) is 4.60. The molecule has 0 saturated heterocycles. The van der Waals surface area contributed by atoms with Crippen LogP contribution in [-0.2, 0) is 10.0 Å². The van der Waals surface area contributed by atoms with Gasteiger partial charge in [-0.2, -0.15) is 0 Å². The molecule has 1 aromatic carbocycles. The second-order valence-corrected chi connectivity index (χ2v) is 6.75. The fourth-order valence-corrected chi connectivity index (χ4v) is 2.49. The third kappa shape index (κ3) is 3.29. The molecule has 1 aromatic heterocycles. The third-order valence-electron chi connectivity index (χ3n) is 2.74. The Bertz CT molecular complexity index is 748. The van der Waals surface area contributed by atoms with E-state index in [2.05, 4.69) is 10.5 Å². The van der Waals surface area contributed by atoms with Gasteiger partial charge >= 0.3 is 0 Å². The number of aryl methyl sites for hydroxylation is 1. The summed E-state index contributed by atoms with van der Waals surface area (Å²) in [5.74, 6) is -0.351. The van der Waals surface area contributed by atoms with Crippen molar-refractivity contribution in [3.05, 3.63) is 41.8 Å². The maximum absolute atomic E-state index is 11.9. The number of aromatic nitrogens is 1. The van der Waals surface area contributed by atoms with Gasteiger partial charge in [0.2, 0.25) is 15.8 Å². The van der Waals surface area contributed by atoms with Gasteiger partial charge in [-0.15, -0.1) is 0 Å². The van der Waals surface area contributed by atoms with E-state index in [1.54, 1.807) is 6.92 Å². The Morgan fingerprint density at radius 1 is 1.24 bits per heavy atom. The first kappa shape index (κ1) is 15.2. The molecule has 8 heteroatoms. The minimum Gasteiger partial charge on any atom is -0.351 e. The standard InChI is InChI=1S/C13H15N3O4S/c1-9-8-12(20-15-9)13(17)14-10-4-6-11(7-5-10)21(18,19)16(2)3/h4-8H,1-3H3,(H,14,17). The Morgan fingerprint density at radius 3 is 2.33 bits per heavy atom. The zero-order valence-corrected chi connectivity index (χ0v) is 12.6. The number of rotatable bonds is 4. The van der Waals surface area contributed by atoms with E-state index in [1.807, 2.05) is 0 Å². The lowest BCUT2D eigenvalue weighted by atomic mass is 10.3. The van der Waals surface area contributed by atoms with Crippen LogP contribution in [0, 0.1) is 6.92 Å². The molecule has 0 bridgehead atoms. The molecule has 2 aromatic rings. The summed E-state index contributed by atoms with van der Waals surface area (Å²) in [6.07, 6.45) is 0. The Morgan fingerprint density at radius 2 is 1.86 bits per heavy atom. The molecule has 112 valence electrons. The number of hydrogen-bond donors (Lipinski definition) is 1. The molecule has 1 heterocycles. The summed E-state index contributed by atoms with van der Waals surface area (Å²) >= 11 is 0. The van der Waals surface area contributed by atoms with E-state index in [9.17, 15) is 13.2 Å². The largest absolute Gasteiger partial charge is 0.351 e. The number of nitrogens with zero attached hydrogens (tertiary/aromatic N) is 2. The van der Waals surface area contributed by atoms with Crippen LogP contribution in [0.4, 0.5) is 5.69 Å². The number of hydrogen-bond acceptors (Lipinski definition) is 5. The maximum Gasteiger partial charge on any atom is 0.294 e. The topological polar surface area (TPSA) is 92.5 Å². The fraction of sp³-hybridized carbons (Fsp3) is 0.231. The van der Waals surface area contributed by atoms with Crippen LogP contribution in [0.1, 0.15) is 16.2 Å². The molecule has 0 radical (unpaired) electrons. The second kappa shape index (κ2) is 5.66. The van der Waals surface area contributed by atoms with Gasteiger partial charge in [-0.05, 0) is 31.2 Å². The highest BCUT2D eigenvalue weighted by atomic mass is 32.2. The summed E-state index contributed by atoms with van der Waals surface area (Å²) in [6.45, 7) is 1.71. The highest BCUT2D eigenvalue weighted by molar-refractivity contribution is 7.89. The minimum absolute atomic E-state index is 0.0949. The zero-order chi connectivity index (χ0) is 15.6. The summed E-state index contributed by atoms with van der Waals surface area (Å²) in [6, 6.07) is 7.39. The van der Waals surface area contributed by atoms with Gasteiger partial charge in [0.15, 0.2) is 0 Å². The smallest absolute Gasteiger partial charge is 0.294 e. The Balaban J connectivity index is 2.15. The molecule has 0 unspecified atom stereocenters. The number of amides is 1. The molecule has 0 fully saturated rings. The van der Waals surface area contributed by atoms with E-state index in [0.717, 1.165) is 4.31 Å². The van der Waals surface area contributed by atoms with Gasteiger partial charge in [-0.3, -0.25) is 4.79 Å². The van der Waals surface area contributed by atoms with Gasteiger partial charge < -0.3 is 9.84 Å². The summed E-state index contributed by atoms with van der Waals surface area (Å²) < 4.78 is 29.8. The van der Waals surface area contributed by atoms with Gasteiger partial charge in [0.1, 0.15) is 0 Å². The van der Waals surface area contributed by atoms with Crippen molar-refractivity contribution in [2.45, 2.75) is 11.8 Å². The molecule has 1 N–H and O–H groups in total. The summed E-state index contributed by atoms with van der Waals surface area (Å²) in [7, 11) is -0.568. The van der Waals surface area contributed by atoms with E-state index in [0.29, 0.717) is 11.4 Å². The maximum atomic E-state index is 11.9. The van der Waals surface area contributed by atoms with Crippen LogP contribution >= 0.6 is 0 Å². The van der Waals surface area contributed by atoms with Gasteiger partial charge in [0, 0.05) is 25.8 Å². The molecule has 0 spiro atoms. The van der Waals surface area contributed by atoms with E-state index in [4.69, 9.17) is 4.52 Å². The van der Waals surface area contributed by atoms with Crippen molar-refractivity contribution >= 4 is 21.6 Å². The highest BCUT2D eigenvalue weighted by Crippen LogP contribution is 2.17. The molecule has 0 atom stereocenters. The van der Waals surface area contributed by atoms with Gasteiger partial charge in [-0.1, -0.05) is 5.16 Å². The number of benzene rings is 1. The van der Waals surface area contributed by atoms with Gasteiger partial charge in [-0.25, -0.2) is 12.7 Å². The van der Waals surface area contributed by atoms with Gasteiger partial charge in [0.05, 0.1) is 10.6 Å². The van der Waals surface area contributed by atoms with Crippen LogP contribution in [-0.4, -0.2) is 37.9 Å². The predicted molar refractivity (Wildman–Crippen MR) is 76.5 cm³/mol. The monoisotopic (exact) mass is 309 g/mol. The molecular weight excluding hydrogens is 294 g/mol. The van der Waals surface area contributed by atoms with Crippen molar-refractivity contribution in [1.82, 2.24) is 9.46 Å². The molecule has 1 amide bonds. The van der Waals surface area contributed by atoms with Crippen LogP contribution in [0.2, 0.25) is 0 Å². The number of nitrogens with one attached hydrogen (secondary N) is 1. The highest BCUT2D eigenvalue weighted by Gasteiger charge is 2.17. The molecule has 0 saturated carbocycles. The van der Waals surface area contributed by atoms with Crippen LogP contribution in [0.15, 0.2) is 39.8 Å². The number of carbonyl (C=O) groups is 1. The molecular formula is C13H15N3O4S. The molecule has 21 heavy (non-hydrogen) atoms. The van der Waals surface area contributed by atoms with Crippen molar-refractivity contribution in [3.63, 3.8) is 0 Å². The Kier molecular flexibility index (Phi) is 4.10. The van der Waals surface area contributed by atoms with E-state index in [-0.39, 0.29) is 10.7 Å². The van der Waals surface area contributed by atoms with Crippen LogP contribution < -0.4 is 5.32 Å². The Labute approximate surface area is 122 Å². The zero-order valence-electron chi connectivity index (χ0n) is 11.8. The van der Waals surface area contributed by atoms with Crippen LogP contribution in [0.25, 0.3) is 0 Å². The van der Waals surface area contributed by atoms with E-state index >= 15 is 0 Å². The molecule has 7 nitrogen and oxygen atoms in total. The predicted octanol–water partition coefficient (Wildman–Crippen LogP) is 1.49. The van der Waals surface area contributed by atoms with Crippen molar-refractivity contribution in [2.75, 3.05) is 19.4 Å².